The van der Waals surface area contributed by atoms with Gasteiger partial charge in [-0.05, 0) is 42.5 Å². The summed E-state index contributed by atoms with van der Waals surface area (Å²) in [5.41, 5.74) is 3.08. The molecule has 32 heavy (non-hydrogen) atoms. The van der Waals surface area contributed by atoms with Gasteiger partial charge < -0.3 is 20.1 Å². The van der Waals surface area contributed by atoms with E-state index in [0.29, 0.717) is 17.8 Å². The molecule has 4 rings (SSSR count). The predicted molar refractivity (Wildman–Crippen MR) is 125 cm³/mol. The first kappa shape index (κ1) is 21.8. The lowest BCUT2D eigenvalue weighted by Gasteiger charge is -2.35. The Morgan fingerprint density at radius 3 is 2.69 bits per heavy atom. The van der Waals surface area contributed by atoms with Crippen LogP contribution in [0.4, 0.5) is 11.4 Å². The van der Waals surface area contributed by atoms with E-state index < -0.39 is 10.0 Å². The van der Waals surface area contributed by atoms with Crippen LogP contribution in [-0.4, -0.2) is 62.4 Å². The number of benzene rings is 2. The van der Waals surface area contributed by atoms with Gasteiger partial charge in [0.05, 0.1) is 12.6 Å². The van der Waals surface area contributed by atoms with Crippen LogP contribution in [-0.2, 0) is 10.0 Å². The van der Waals surface area contributed by atoms with Crippen LogP contribution < -0.4 is 20.3 Å². The summed E-state index contributed by atoms with van der Waals surface area (Å²) >= 11 is 0. The molecule has 1 aliphatic heterocycles. The van der Waals surface area contributed by atoms with Crippen molar-refractivity contribution in [2.24, 2.45) is 0 Å². The molecule has 3 aromatic rings. The minimum Gasteiger partial charge on any atom is -0.369 e. The van der Waals surface area contributed by atoms with E-state index in [4.69, 9.17) is 0 Å². The molecule has 1 unspecified atom stereocenters. The molecule has 1 atom stereocenters. The number of hydrogen-bond acceptors (Lipinski definition) is 6. The van der Waals surface area contributed by atoms with E-state index in [9.17, 15) is 13.2 Å². The van der Waals surface area contributed by atoms with Crippen molar-refractivity contribution in [1.82, 2.24) is 20.2 Å². The number of carbonyl (C=O) groups excluding carboxylic acids is 1. The second-order valence-corrected chi connectivity index (χ2v) is 9.50. The highest BCUT2D eigenvalue weighted by Crippen LogP contribution is 2.20. The van der Waals surface area contributed by atoms with Crippen LogP contribution in [0.2, 0.25) is 0 Å². The number of nitrogens with zero attached hydrogens (tertiary/aromatic N) is 3. The van der Waals surface area contributed by atoms with Crippen molar-refractivity contribution in [3.8, 4) is 5.69 Å². The van der Waals surface area contributed by atoms with E-state index in [1.54, 1.807) is 36.8 Å². The van der Waals surface area contributed by atoms with Crippen molar-refractivity contribution in [3.63, 3.8) is 0 Å². The third-order valence-electron chi connectivity index (χ3n) is 5.21. The molecule has 168 valence electrons. The van der Waals surface area contributed by atoms with Gasteiger partial charge in [0.1, 0.15) is 0 Å². The second-order valence-electron chi connectivity index (χ2n) is 7.75. The average molecular weight is 455 g/mol. The zero-order valence-electron chi connectivity index (χ0n) is 17.7. The average Bonchev–Trinajstić information content (AvgIpc) is 3.32. The smallest absolute Gasteiger partial charge is 0.251 e. The van der Waals surface area contributed by atoms with Crippen LogP contribution in [0.25, 0.3) is 5.69 Å². The Morgan fingerprint density at radius 2 is 1.97 bits per heavy atom. The number of aromatic nitrogens is 2. The van der Waals surface area contributed by atoms with Gasteiger partial charge in [-0.3, -0.25) is 9.52 Å². The van der Waals surface area contributed by atoms with Gasteiger partial charge in [-0.15, -0.1) is 0 Å². The number of nitrogens with one attached hydrogen (secondary N) is 3. The van der Waals surface area contributed by atoms with Crippen molar-refractivity contribution >= 4 is 27.3 Å². The Hall–Kier alpha value is -3.37. The van der Waals surface area contributed by atoms with E-state index >= 15 is 0 Å². The summed E-state index contributed by atoms with van der Waals surface area (Å²) in [5, 5.41) is 6.42. The van der Waals surface area contributed by atoms with Crippen molar-refractivity contribution in [2.75, 3.05) is 42.1 Å². The van der Waals surface area contributed by atoms with E-state index in [2.05, 4.69) is 37.4 Å². The summed E-state index contributed by atoms with van der Waals surface area (Å²) in [4.78, 5) is 18.9. The molecule has 1 aliphatic rings. The molecule has 9 nitrogen and oxygen atoms in total. The number of piperazine rings is 1. The molecule has 0 radical (unpaired) electrons. The predicted octanol–water partition coefficient (Wildman–Crippen LogP) is 1.45. The van der Waals surface area contributed by atoms with E-state index in [1.165, 1.54) is 0 Å². The zero-order chi connectivity index (χ0) is 22.6. The second kappa shape index (κ2) is 9.41. The third-order valence-corrected chi connectivity index (χ3v) is 5.82. The fraction of sp³-hybridized carbons (Fsp3) is 0.273. The fourth-order valence-corrected chi connectivity index (χ4v) is 4.24. The van der Waals surface area contributed by atoms with Crippen LogP contribution in [0.3, 0.4) is 0 Å². The van der Waals surface area contributed by atoms with Crippen LogP contribution in [0.1, 0.15) is 10.4 Å². The minimum absolute atomic E-state index is 0.107. The summed E-state index contributed by atoms with van der Waals surface area (Å²) < 4.78 is 27.0. The summed E-state index contributed by atoms with van der Waals surface area (Å²) in [6, 6.07) is 14.8. The van der Waals surface area contributed by atoms with Gasteiger partial charge in [-0.25, -0.2) is 13.4 Å². The van der Waals surface area contributed by atoms with Crippen molar-refractivity contribution < 1.29 is 13.2 Å². The fourth-order valence-electron chi connectivity index (χ4n) is 3.68. The first-order valence-corrected chi connectivity index (χ1v) is 12.2. The Balaban J connectivity index is 1.33. The number of amides is 1. The molecule has 0 bridgehead atoms. The normalized spacial score (nSPS) is 16.5. The number of hydrogen-bond donors (Lipinski definition) is 3. The number of anilines is 2. The largest absolute Gasteiger partial charge is 0.369 e. The Morgan fingerprint density at radius 1 is 1.19 bits per heavy atom. The zero-order valence-corrected chi connectivity index (χ0v) is 18.5. The monoisotopic (exact) mass is 454 g/mol. The molecular formula is C22H26N6O3S. The van der Waals surface area contributed by atoms with Gasteiger partial charge in [0.2, 0.25) is 10.0 Å². The number of rotatable bonds is 7. The van der Waals surface area contributed by atoms with Crippen LogP contribution >= 0.6 is 0 Å². The molecule has 1 saturated heterocycles. The van der Waals surface area contributed by atoms with Crippen LogP contribution in [0.5, 0.6) is 0 Å². The quantitative estimate of drug-likeness (QED) is 0.499. The third kappa shape index (κ3) is 5.65. The molecule has 0 aliphatic carbocycles. The van der Waals surface area contributed by atoms with E-state index in [1.807, 2.05) is 22.9 Å². The lowest BCUT2D eigenvalue weighted by molar-refractivity contribution is 0.0949. The van der Waals surface area contributed by atoms with Gasteiger partial charge in [0, 0.05) is 67.2 Å². The maximum Gasteiger partial charge on any atom is 0.251 e. The van der Waals surface area contributed by atoms with Gasteiger partial charge in [0.25, 0.3) is 5.91 Å². The SMILES string of the molecule is CS(=O)(=O)Nc1ccc(C(=O)NCC2CN(c3cccc(-n4ccnc4)c3)CCN2)cc1. The molecular weight excluding hydrogens is 428 g/mol. The number of carbonyl (C=O) groups is 1. The van der Waals surface area contributed by atoms with Crippen molar-refractivity contribution in [3.05, 3.63) is 72.8 Å². The summed E-state index contributed by atoms with van der Waals surface area (Å²) in [6.07, 6.45) is 6.53. The Bertz CT molecular complexity index is 1160. The maximum absolute atomic E-state index is 12.5. The first-order valence-electron chi connectivity index (χ1n) is 10.3. The highest BCUT2D eigenvalue weighted by Gasteiger charge is 2.20. The van der Waals surface area contributed by atoms with Gasteiger partial charge in [-0.2, -0.15) is 0 Å². The molecule has 2 aromatic carbocycles. The standard InChI is InChI=1S/C22H26N6O3S/c1-32(30,31)26-18-7-5-17(6-8-18)22(29)25-14-19-15-27(12-10-24-19)20-3-2-4-21(13-20)28-11-9-23-16-28/h2-9,11,13,16,19,24,26H,10,12,14-15H2,1H3,(H,25,29). The topological polar surface area (TPSA) is 108 Å². The molecule has 0 spiro atoms. The molecule has 3 N–H and O–H groups in total. The lowest BCUT2D eigenvalue weighted by Crippen LogP contribution is -2.55. The summed E-state index contributed by atoms with van der Waals surface area (Å²) in [7, 11) is -3.35. The first-order chi connectivity index (χ1) is 15.4. The molecule has 1 aromatic heterocycles. The summed E-state index contributed by atoms with van der Waals surface area (Å²) in [6.45, 7) is 2.96. The number of sulfonamides is 1. The van der Waals surface area contributed by atoms with Crippen LogP contribution in [0, 0.1) is 0 Å². The van der Waals surface area contributed by atoms with Crippen molar-refractivity contribution in [1.29, 1.82) is 0 Å². The number of imidazole rings is 1. The van der Waals surface area contributed by atoms with Gasteiger partial charge in [-0.1, -0.05) is 6.07 Å². The highest BCUT2D eigenvalue weighted by atomic mass is 32.2. The lowest BCUT2D eigenvalue weighted by atomic mass is 10.1. The van der Waals surface area contributed by atoms with Gasteiger partial charge in [0.15, 0.2) is 0 Å². The molecule has 2 heterocycles. The maximum atomic E-state index is 12.5. The van der Waals surface area contributed by atoms with Crippen LogP contribution in [0.15, 0.2) is 67.3 Å². The molecule has 0 saturated carbocycles. The molecule has 10 heteroatoms. The molecule has 1 amide bonds. The van der Waals surface area contributed by atoms with Gasteiger partial charge >= 0.3 is 0 Å². The Labute approximate surface area is 187 Å². The van der Waals surface area contributed by atoms with E-state index in [0.717, 1.165) is 37.3 Å². The van der Waals surface area contributed by atoms with E-state index in [-0.39, 0.29) is 11.9 Å². The highest BCUT2D eigenvalue weighted by molar-refractivity contribution is 7.92. The Kier molecular flexibility index (Phi) is 6.42. The minimum atomic E-state index is -3.35. The molecule has 1 fully saturated rings. The summed E-state index contributed by atoms with van der Waals surface area (Å²) in [5.74, 6) is -0.197. The van der Waals surface area contributed by atoms with Crippen molar-refractivity contribution in [2.45, 2.75) is 6.04 Å².